The highest BCUT2D eigenvalue weighted by Gasteiger charge is 2.25. The first-order chi connectivity index (χ1) is 20.2. The van der Waals surface area contributed by atoms with Gasteiger partial charge in [-0.3, -0.25) is 0 Å². The maximum atomic E-state index is 13.9. The Bertz CT molecular complexity index is 1750. The summed E-state index contributed by atoms with van der Waals surface area (Å²) in [4.78, 5) is 0. The molecule has 0 aliphatic carbocycles. The standard InChI is InChI=1S/C36H26F4P2/c1-41(31-15-5-27(37)6-16-31,32-17-7-28(38)8-18-32)35-13-3-25-4-14-36(24-26(25)23-35)42(2,33-19-9-29(39)10-20-33)34-21-11-30(40)12-22-34/h3-24H,1-2H2. The first-order valence-electron chi connectivity index (χ1n) is 13.2. The van der Waals surface area contributed by atoms with Crippen molar-refractivity contribution in [2.75, 3.05) is 0 Å². The van der Waals surface area contributed by atoms with Gasteiger partial charge >= 0.3 is 0 Å². The summed E-state index contributed by atoms with van der Waals surface area (Å²) in [5.41, 5.74) is 0. The Morgan fingerprint density at radius 2 is 0.548 bits per heavy atom. The Balaban J connectivity index is 1.57. The lowest BCUT2D eigenvalue weighted by molar-refractivity contribution is 0.628. The first-order valence-corrected chi connectivity index (χ1v) is 17.2. The van der Waals surface area contributed by atoms with Gasteiger partial charge in [-0.25, -0.2) is 17.6 Å². The highest BCUT2D eigenvalue weighted by Crippen LogP contribution is 2.44. The maximum Gasteiger partial charge on any atom is 0.123 e. The Kier molecular flexibility index (Phi) is 7.31. The van der Waals surface area contributed by atoms with Crippen molar-refractivity contribution in [3.63, 3.8) is 0 Å². The average Bonchev–Trinajstić information content (AvgIpc) is 3.01. The second-order valence-corrected chi connectivity index (χ2v) is 16.6. The molecule has 0 nitrogen and oxygen atoms in total. The largest absolute Gasteiger partial charge is 0.207 e. The van der Waals surface area contributed by atoms with Crippen LogP contribution in [0.15, 0.2) is 133 Å². The van der Waals surface area contributed by atoms with Crippen LogP contribution in [-0.2, 0) is 0 Å². The van der Waals surface area contributed by atoms with Crippen LogP contribution in [0.4, 0.5) is 17.6 Å². The van der Waals surface area contributed by atoms with Gasteiger partial charge in [0.15, 0.2) is 0 Å². The van der Waals surface area contributed by atoms with E-state index in [9.17, 15) is 17.6 Å². The van der Waals surface area contributed by atoms with E-state index >= 15 is 0 Å². The quantitative estimate of drug-likeness (QED) is 0.146. The first kappa shape index (κ1) is 28.0. The lowest BCUT2D eigenvalue weighted by atomic mass is 10.1. The molecule has 0 heterocycles. The molecule has 0 N–H and O–H groups in total. The molecular weight excluding hydrogens is 570 g/mol. The van der Waals surface area contributed by atoms with E-state index in [0.717, 1.165) is 42.6 Å². The van der Waals surface area contributed by atoms with Crippen LogP contribution in [0, 0.1) is 23.3 Å². The normalized spacial score (nSPS) is 12.0. The second kappa shape index (κ2) is 11.0. The molecule has 0 aliphatic rings. The molecule has 0 bridgehead atoms. The number of fused-ring (bicyclic) bond motifs is 1. The molecule has 6 heteroatoms. The Labute approximate surface area is 242 Å². The Morgan fingerprint density at radius 3 is 0.810 bits per heavy atom. The minimum atomic E-state index is -2.53. The molecule has 0 fully saturated rings. The van der Waals surface area contributed by atoms with Crippen LogP contribution in [0.25, 0.3) is 10.8 Å². The highest BCUT2D eigenvalue weighted by atomic mass is 31.2. The molecule has 0 spiro atoms. The summed E-state index contributed by atoms with van der Waals surface area (Å²) in [6.07, 6.45) is 9.44. The maximum absolute atomic E-state index is 13.9. The zero-order valence-corrected chi connectivity index (χ0v) is 24.3. The third-order valence-corrected chi connectivity index (χ3v) is 14.8. The van der Waals surface area contributed by atoms with E-state index in [2.05, 4.69) is 12.1 Å². The Morgan fingerprint density at radius 1 is 0.310 bits per heavy atom. The molecule has 0 radical (unpaired) electrons. The molecule has 0 amide bonds. The molecular formula is C36H26F4P2. The number of hydrogen-bond acceptors (Lipinski definition) is 0. The fourth-order valence-corrected chi connectivity index (χ4v) is 11.2. The van der Waals surface area contributed by atoms with Crippen LogP contribution in [0.2, 0.25) is 0 Å². The van der Waals surface area contributed by atoms with Gasteiger partial charge in [-0.2, -0.15) is 0 Å². The van der Waals surface area contributed by atoms with Gasteiger partial charge in [0.05, 0.1) is 0 Å². The zero-order valence-electron chi connectivity index (χ0n) is 22.5. The molecule has 0 saturated carbocycles. The number of hydrogen-bond donors (Lipinski definition) is 0. The fourth-order valence-electron chi connectivity index (χ4n) is 5.37. The van der Waals surface area contributed by atoms with Gasteiger partial charge in [0.25, 0.3) is 0 Å². The monoisotopic (exact) mass is 596 g/mol. The Hall–Kier alpha value is -4.10. The molecule has 6 rings (SSSR count). The van der Waals surface area contributed by atoms with Crippen LogP contribution >= 0.6 is 13.8 Å². The minimum absolute atomic E-state index is 0.343. The van der Waals surface area contributed by atoms with Crippen molar-refractivity contribution < 1.29 is 17.6 Å². The van der Waals surface area contributed by atoms with Crippen molar-refractivity contribution in [1.82, 2.24) is 0 Å². The molecule has 42 heavy (non-hydrogen) atoms. The van der Waals surface area contributed by atoms with E-state index in [1.165, 1.54) is 48.5 Å². The third-order valence-electron chi connectivity index (χ3n) is 7.76. The molecule has 0 aromatic heterocycles. The van der Waals surface area contributed by atoms with Crippen molar-refractivity contribution in [3.8, 4) is 0 Å². The lowest BCUT2D eigenvalue weighted by Gasteiger charge is -2.28. The highest BCUT2D eigenvalue weighted by molar-refractivity contribution is 7.94. The average molecular weight is 597 g/mol. The molecule has 0 unspecified atom stereocenters. The number of halogens is 4. The van der Waals surface area contributed by atoms with Crippen molar-refractivity contribution >= 4 is 69.0 Å². The van der Waals surface area contributed by atoms with Crippen molar-refractivity contribution in [2.45, 2.75) is 0 Å². The molecule has 6 aromatic rings. The van der Waals surface area contributed by atoms with E-state index < -0.39 is 13.8 Å². The molecule has 0 saturated heterocycles. The van der Waals surface area contributed by atoms with Crippen LogP contribution in [0.1, 0.15) is 0 Å². The smallest absolute Gasteiger partial charge is 0.123 e. The van der Waals surface area contributed by atoms with E-state index in [1.807, 2.05) is 24.3 Å². The van der Waals surface area contributed by atoms with E-state index in [4.69, 9.17) is 12.6 Å². The summed E-state index contributed by atoms with van der Waals surface area (Å²) in [5, 5.41) is 7.29. The van der Waals surface area contributed by atoms with Crippen LogP contribution in [-0.4, -0.2) is 12.6 Å². The summed E-state index contributed by atoms with van der Waals surface area (Å²) in [6, 6.07) is 37.6. The van der Waals surface area contributed by atoms with Gasteiger partial charge in [0.2, 0.25) is 0 Å². The SMILES string of the molecule is C=P(c1ccc(F)cc1)(c1ccc(F)cc1)c1ccc2ccc(P(=C)(c3ccc(F)cc3)c3ccc(F)cc3)cc2c1. The molecule has 208 valence electrons. The zero-order chi connectivity index (χ0) is 29.5. The fraction of sp³-hybridized carbons (Fsp3) is 0. The van der Waals surface area contributed by atoms with Crippen LogP contribution in [0.5, 0.6) is 0 Å². The van der Waals surface area contributed by atoms with Gasteiger partial charge in [-0.05, 0) is 117 Å². The van der Waals surface area contributed by atoms with Gasteiger partial charge < -0.3 is 0 Å². The van der Waals surface area contributed by atoms with E-state index in [-0.39, 0.29) is 23.3 Å². The predicted octanol–water partition coefficient (Wildman–Crippen LogP) is 6.85. The van der Waals surface area contributed by atoms with Crippen LogP contribution < -0.4 is 31.8 Å². The van der Waals surface area contributed by atoms with Gasteiger partial charge in [0, 0.05) is 0 Å². The molecule has 0 atom stereocenters. The van der Waals surface area contributed by atoms with Crippen molar-refractivity contribution in [3.05, 3.63) is 157 Å². The summed E-state index contributed by atoms with van der Waals surface area (Å²) >= 11 is 0. The van der Waals surface area contributed by atoms with Crippen LogP contribution in [0.3, 0.4) is 0 Å². The van der Waals surface area contributed by atoms with E-state index in [1.54, 1.807) is 48.5 Å². The van der Waals surface area contributed by atoms with Gasteiger partial charge in [-0.15, -0.1) is 0 Å². The van der Waals surface area contributed by atoms with Crippen molar-refractivity contribution in [2.24, 2.45) is 0 Å². The lowest BCUT2D eigenvalue weighted by Crippen LogP contribution is -2.26. The van der Waals surface area contributed by atoms with E-state index in [0.29, 0.717) is 0 Å². The predicted molar refractivity (Wildman–Crippen MR) is 175 cm³/mol. The van der Waals surface area contributed by atoms with Crippen molar-refractivity contribution in [1.29, 1.82) is 0 Å². The van der Waals surface area contributed by atoms with Gasteiger partial charge in [-0.1, -0.05) is 85.4 Å². The number of rotatable bonds is 6. The third kappa shape index (κ3) is 4.96. The van der Waals surface area contributed by atoms with Gasteiger partial charge in [0.1, 0.15) is 23.3 Å². The topological polar surface area (TPSA) is 0 Å². The second-order valence-electron chi connectivity index (χ2n) is 10.2. The molecule has 6 aromatic carbocycles. The summed E-state index contributed by atoms with van der Waals surface area (Å²) < 4.78 is 55.7. The summed E-state index contributed by atoms with van der Waals surface area (Å²) in [6.45, 7) is -5.05. The summed E-state index contributed by atoms with van der Waals surface area (Å²) in [5.74, 6) is -1.37. The minimum Gasteiger partial charge on any atom is -0.207 e. The molecule has 0 aliphatic heterocycles. The summed E-state index contributed by atoms with van der Waals surface area (Å²) in [7, 11) is 0. The number of benzene rings is 6.